The molecule has 0 saturated heterocycles. The Morgan fingerprint density at radius 3 is 2.88 bits per heavy atom. The molecular weight excluding hydrogens is 467 g/mol. The van der Waals surface area contributed by atoms with Gasteiger partial charge in [0.25, 0.3) is 0 Å². The molecule has 1 aromatic carbocycles. The number of halogens is 4. The van der Waals surface area contributed by atoms with Crippen LogP contribution in [0.15, 0.2) is 39.7 Å². The van der Waals surface area contributed by atoms with Gasteiger partial charge in [-0.2, -0.15) is 13.2 Å². The second-order valence-electron chi connectivity index (χ2n) is 6.92. The fourth-order valence-electron chi connectivity index (χ4n) is 3.26. The highest BCUT2D eigenvalue weighted by Gasteiger charge is 2.30. The lowest BCUT2D eigenvalue weighted by Crippen LogP contribution is -2.19. The number of alkyl halides is 3. The number of nitrogens with one attached hydrogen (secondary N) is 1. The van der Waals surface area contributed by atoms with E-state index in [-0.39, 0.29) is 33.3 Å². The minimum atomic E-state index is -4.58. The Kier molecular flexibility index (Phi) is 4.78. The van der Waals surface area contributed by atoms with Crippen molar-refractivity contribution >= 4 is 33.5 Å². The summed E-state index contributed by atoms with van der Waals surface area (Å²) in [5.74, 6) is -0.539. The number of nitrogens with zero attached hydrogens (tertiary/aromatic N) is 6. The van der Waals surface area contributed by atoms with Gasteiger partial charge >= 0.3 is 11.8 Å². The monoisotopic (exact) mass is 477 g/mol. The second-order valence-corrected chi connectivity index (χ2v) is 7.33. The van der Waals surface area contributed by atoms with Crippen molar-refractivity contribution in [1.82, 2.24) is 35.2 Å². The van der Waals surface area contributed by atoms with Crippen LogP contribution in [0.4, 0.5) is 13.2 Å². The third-order valence-corrected chi connectivity index (χ3v) is 4.92. The smallest absolute Gasteiger partial charge is 0.422 e. The number of H-pyrrole nitrogens is 1. The first-order valence-corrected chi connectivity index (χ1v) is 9.65. The van der Waals surface area contributed by atoms with Crippen LogP contribution in [0.3, 0.4) is 0 Å². The van der Waals surface area contributed by atoms with E-state index in [2.05, 4.69) is 30.5 Å². The fraction of sp³-hybridized carbons (Fsp3) is 0.158. The van der Waals surface area contributed by atoms with Gasteiger partial charge in [-0.25, -0.2) is 19.4 Å². The summed E-state index contributed by atoms with van der Waals surface area (Å²) in [6.07, 6.45) is -3.17. The number of aromatic amines is 1. The summed E-state index contributed by atoms with van der Waals surface area (Å²) in [5, 5.41) is 14.5. The fourth-order valence-corrected chi connectivity index (χ4v) is 3.46. The number of hydrogen-bond donors (Lipinski definition) is 1. The van der Waals surface area contributed by atoms with Crippen LogP contribution in [0.1, 0.15) is 5.56 Å². The molecule has 10 nitrogen and oxygen atoms in total. The number of fused-ring (bicyclic) bond motifs is 3. The van der Waals surface area contributed by atoms with Crippen molar-refractivity contribution in [2.75, 3.05) is 6.61 Å². The predicted molar refractivity (Wildman–Crippen MR) is 109 cm³/mol. The van der Waals surface area contributed by atoms with Crippen LogP contribution >= 0.6 is 11.6 Å². The Morgan fingerprint density at radius 2 is 2.12 bits per heavy atom. The van der Waals surface area contributed by atoms with Crippen molar-refractivity contribution in [2.45, 2.75) is 13.1 Å². The normalized spacial score (nSPS) is 12.0. The molecule has 4 heterocycles. The first-order chi connectivity index (χ1) is 15.7. The van der Waals surface area contributed by atoms with Gasteiger partial charge in [0.05, 0.1) is 10.5 Å². The molecule has 0 spiro atoms. The van der Waals surface area contributed by atoms with Crippen molar-refractivity contribution in [3.05, 3.63) is 51.5 Å². The van der Waals surface area contributed by atoms with Crippen molar-refractivity contribution < 1.29 is 22.3 Å². The zero-order valence-corrected chi connectivity index (χ0v) is 17.3. The number of benzene rings is 1. The van der Waals surface area contributed by atoms with E-state index in [9.17, 15) is 18.0 Å². The SMILES string of the molecule is Cc1cc2nn[nH]c2c2c(=O)oc(-c3cc(OCC(F)(F)F)nn3-c3ncccc3Cl)nc12. The zero-order chi connectivity index (χ0) is 23.3. The molecule has 4 aromatic heterocycles. The van der Waals surface area contributed by atoms with Gasteiger partial charge in [-0.15, -0.1) is 10.2 Å². The zero-order valence-electron chi connectivity index (χ0n) is 16.5. The van der Waals surface area contributed by atoms with Crippen LogP contribution in [0.2, 0.25) is 5.02 Å². The van der Waals surface area contributed by atoms with E-state index >= 15 is 0 Å². The average molecular weight is 478 g/mol. The van der Waals surface area contributed by atoms with E-state index in [4.69, 9.17) is 20.8 Å². The van der Waals surface area contributed by atoms with E-state index < -0.39 is 24.3 Å². The highest BCUT2D eigenvalue weighted by molar-refractivity contribution is 6.32. The van der Waals surface area contributed by atoms with Crippen LogP contribution in [-0.4, -0.2) is 47.9 Å². The number of aromatic nitrogens is 7. The first kappa shape index (κ1) is 20.9. The Labute approximate surface area is 186 Å². The van der Waals surface area contributed by atoms with Crippen LogP contribution in [0.25, 0.3) is 39.3 Å². The van der Waals surface area contributed by atoms with Crippen molar-refractivity contribution in [3.63, 3.8) is 0 Å². The lowest BCUT2D eigenvalue weighted by atomic mass is 10.1. The third kappa shape index (κ3) is 3.75. The van der Waals surface area contributed by atoms with Crippen LogP contribution < -0.4 is 10.4 Å². The Morgan fingerprint density at radius 1 is 1.30 bits per heavy atom. The van der Waals surface area contributed by atoms with Gasteiger partial charge in [0.15, 0.2) is 12.4 Å². The summed E-state index contributed by atoms with van der Waals surface area (Å²) in [5.41, 5.74) is 0.948. The maximum atomic E-state index is 12.9. The number of hydrogen-bond acceptors (Lipinski definition) is 8. The molecule has 5 rings (SSSR count). The molecule has 0 fully saturated rings. The van der Waals surface area contributed by atoms with Crippen molar-refractivity contribution in [1.29, 1.82) is 0 Å². The number of pyridine rings is 1. The number of ether oxygens (including phenoxy) is 1. The van der Waals surface area contributed by atoms with E-state index in [0.717, 1.165) is 10.7 Å². The maximum Gasteiger partial charge on any atom is 0.422 e. The summed E-state index contributed by atoms with van der Waals surface area (Å²) in [6.45, 7) is 0.149. The Bertz CT molecular complexity index is 1570. The number of aryl methyl sites for hydroxylation is 1. The Hall–Kier alpha value is -4.00. The molecule has 0 aliphatic rings. The lowest BCUT2D eigenvalue weighted by molar-refractivity contribution is -0.154. The van der Waals surface area contributed by atoms with Crippen LogP contribution in [0, 0.1) is 6.92 Å². The quantitative estimate of drug-likeness (QED) is 0.416. The summed E-state index contributed by atoms with van der Waals surface area (Å²) in [6, 6.07) is 5.92. The molecule has 168 valence electrons. The Balaban J connectivity index is 1.73. The average Bonchev–Trinajstić information content (AvgIpc) is 3.39. The predicted octanol–water partition coefficient (Wildman–Crippen LogP) is 3.61. The van der Waals surface area contributed by atoms with Gasteiger partial charge in [0.2, 0.25) is 11.8 Å². The van der Waals surface area contributed by atoms with Gasteiger partial charge < -0.3 is 9.15 Å². The van der Waals surface area contributed by atoms with Crippen molar-refractivity contribution in [3.8, 4) is 23.3 Å². The minimum absolute atomic E-state index is 0.00834. The molecule has 0 aliphatic heterocycles. The standard InChI is InChI=1S/C19H11ClF3N7O3/c1-8-5-10-15(27-29-26-10)13-14(8)25-17(33-18(13)31)11-6-12(32-7-19(21,22)23)28-30(11)16-9(20)3-2-4-24-16/h2-6H,7H2,1H3,(H,26,27,29). The van der Waals surface area contributed by atoms with Gasteiger partial charge in [-0.1, -0.05) is 16.8 Å². The van der Waals surface area contributed by atoms with Gasteiger partial charge in [0, 0.05) is 12.3 Å². The van der Waals surface area contributed by atoms with Crippen LogP contribution in [0.5, 0.6) is 5.88 Å². The molecule has 33 heavy (non-hydrogen) atoms. The molecule has 5 aromatic rings. The molecule has 0 amide bonds. The van der Waals surface area contributed by atoms with E-state index in [0.29, 0.717) is 16.6 Å². The topological polar surface area (TPSA) is 125 Å². The van der Waals surface area contributed by atoms with Crippen LogP contribution in [-0.2, 0) is 0 Å². The minimum Gasteiger partial charge on any atom is -0.467 e. The van der Waals surface area contributed by atoms with Crippen molar-refractivity contribution in [2.24, 2.45) is 0 Å². The van der Waals surface area contributed by atoms with Gasteiger partial charge in [0.1, 0.15) is 22.1 Å². The summed E-state index contributed by atoms with van der Waals surface area (Å²) >= 11 is 6.21. The summed E-state index contributed by atoms with van der Waals surface area (Å²) < 4.78 is 49.2. The first-order valence-electron chi connectivity index (χ1n) is 9.27. The second kappa shape index (κ2) is 7.55. The molecule has 0 atom stereocenters. The third-order valence-electron chi connectivity index (χ3n) is 4.63. The summed E-state index contributed by atoms with van der Waals surface area (Å²) in [7, 11) is 0. The largest absolute Gasteiger partial charge is 0.467 e. The van der Waals surface area contributed by atoms with E-state index in [1.807, 2.05) is 0 Å². The highest BCUT2D eigenvalue weighted by Crippen LogP contribution is 2.30. The molecule has 0 bridgehead atoms. The number of rotatable bonds is 4. The molecule has 0 unspecified atom stereocenters. The highest BCUT2D eigenvalue weighted by atomic mass is 35.5. The van der Waals surface area contributed by atoms with Gasteiger partial charge in [-0.05, 0) is 30.7 Å². The maximum absolute atomic E-state index is 12.9. The molecule has 14 heteroatoms. The lowest BCUT2D eigenvalue weighted by Gasteiger charge is -2.08. The molecular formula is C19H11ClF3N7O3. The summed E-state index contributed by atoms with van der Waals surface area (Å²) in [4.78, 5) is 21.4. The molecule has 0 saturated carbocycles. The molecule has 1 N–H and O–H groups in total. The van der Waals surface area contributed by atoms with Gasteiger partial charge in [-0.3, -0.25) is 5.10 Å². The molecule has 0 aliphatic carbocycles. The van der Waals surface area contributed by atoms with E-state index in [1.54, 1.807) is 19.1 Å². The molecule has 0 radical (unpaired) electrons. The van der Waals surface area contributed by atoms with E-state index in [1.165, 1.54) is 12.3 Å².